The number of amides is 4. The summed E-state index contributed by atoms with van der Waals surface area (Å²) < 4.78 is 13.8. The number of aromatic nitrogens is 1. The normalized spacial score (nSPS) is 19.5. The molecule has 0 radical (unpaired) electrons. The molecule has 15 nitrogen and oxygen atoms in total. The zero-order chi connectivity index (χ0) is 50.7. The van der Waals surface area contributed by atoms with Crippen molar-refractivity contribution >= 4 is 40.5 Å². The van der Waals surface area contributed by atoms with E-state index in [9.17, 15) is 34.3 Å². The van der Waals surface area contributed by atoms with Gasteiger partial charge in [0.2, 0.25) is 17.7 Å². The number of ether oxygens (including phenoxy) is 2. The van der Waals surface area contributed by atoms with Crippen molar-refractivity contribution in [3.05, 3.63) is 90.0 Å². The molecule has 3 aliphatic heterocycles. The highest BCUT2D eigenvalue weighted by Crippen LogP contribution is 2.44. The molecule has 2 saturated heterocycles. The van der Waals surface area contributed by atoms with Crippen molar-refractivity contribution in [3.63, 3.8) is 0 Å². The lowest BCUT2D eigenvalue weighted by Crippen LogP contribution is -2.62. The summed E-state index contributed by atoms with van der Waals surface area (Å²) in [6.07, 6.45) is 4.13. The van der Waals surface area contributed by atoms with Crippen molar-refractivity contribution in [2.45, 2.75) is 110 Å². The highest BCUT2D eigenvalue weighted by Gasteiger charge is 2.40. The summed E-state index contributed by atoms with van der Waals surface area (Å²) >= 11 is 0. The Morgan fingerprint density at radius 3 is 2.47 bits per heavy atom. The third kappa shape index (κ3) is 10.9. The number of aromatic hydroxyl groups is 1. The molecule has 4 amide bonds. The van der Waals surface area contributed by atoms with Crippen molar-refractivity contribution in [1.82, 2.24) is 30.1 Å². The molecule has 2 fully saturated rings. The Morgan fingerprint density at radius 2 is 1.79 bits per heavy atom. The number of nitrogens with one attached hydrogen (secondary N) is 2. The number of benzene rings is 3. The first-order chi connectivity index (χ1) is 33.3. The summed E-state index contributed by atoms with van der Waals surface area (Å²) in [7, 11) is 3.28. The van der Waals surface area contributed by atoms with E-state index in [2.05, 4.69) is 46.2 Å². The molecule has 0 spiro atoms. The smallest absolute Gasteiger partial charge is 0.324 e. The standard InChI is InChI=1S/C55H69N7O8/c1-10-47(64)60-23-19-37(20-24-60)51(66)59(8)48(34(2)3)50(65)57-45-28-35-26-39(29-40(63)27-35)38-17-18-46-42(30-38)43(31-54(4,5)33-70-53(68)44-16-13-22-61(58-44)52(45)67)49(62(46)55(6,7)32-56)41-15-12-11-14-36(41)21-25-69-9/h10-12,14-15,17-18,26-27,29-30,34,37,44-45,48,58,63H,1,13,16,19-25,28,31,33H2,2-9H3,(H,57,65)/t44-,45-,48-/m0/s1. The summed E-state index contributed by atoms with van der Waals surface area (Å²) in [5.41, 5.74) is 8.22. The molecule has 0 unspecified atom stereocenters. The number of phenolic OH excluding ortho intramolecular Hbond substituents is 1. The largest absolute Gasteiger partial charge is 0.508 e. The number of hydrogen-bond donors (Lipinski definition) is 3. The summed E-state index contributed by atoms with van der Waals surface area (Å²) in [5, 5.41) is 27.5. The van der Waals surface area contributed by atoms with E-state index in [4.69, 9.17) is 9.47 Å². The second-order valence-corrected chi connectivity index (χ2v) is 20.8. The SMILES string of the molecule is C=CC(=O)N1CCC(C(=O)N(C)[C@H](C(=O)N[C@H]2Cc3cc(O)cc(c3)-c3ccc4c(c3)c(c(-c3ccccc3CCOC)n4C(C)(C)C#N)CC(C)(C)COC(=O)[C@@H]3CCCN(N3)C2=O)C(C)C)CC1. The molecule has 3 atom stereocenters. The maximum atomic E-state index is 14.8. The molecule has 4 heterocycles. The van der Waals surface area contributed by atoms with Crippen LogP contribution in [0.1, 0.15) is 83.9 Å². The quantitative estimate of drug-likeness (QED) is 0.108. The Hall–Kier alpha value is -6.50. The number of likely N-dealkylation sites (N-methyl/N-ethyl adjacent to an activating group) is 1. The van der Waals surface area contributed by atoms with Gasteiger partial charge in [0.05, 0.1) is 30.5 Å². The van der Waals surface area contributed by atoms with Crippen molar-refractivity contribution in [2.75, 3.05) is 47.0 Å². The Labute approximate surface area is 411 Å². The van der Waals surface area contributed by atoms with Gasteiger partial charge in [-0.25, -0.2) is 5.43 Å². The number of carbonyl (C=O) groups is 5. The van der Waals surface area contributed by atoms with E-state index in [1.807, 2.05) is 71.9 Å². The van der Waals surface area contributed by atoms with Crippen LogP contribution in [0.3, 0.4) is 0 Å². The number of rotatable bonds is 11. The molecule has 3 aliphatic rings. The van der Waals surface area contributed by atoms with Gasteiger partial charge in [-0.3, -0.25) is 29.0 Å². The topological polar surface area (TPSA) is 187 Å². The van der Waals surface area contributed by atoms with Crippen LogP contribution >= 0.6 is 0 Å². The number of hydrogen-bond acceptors (Lipinski definition) is 10. The third-order valence-electron chi connectivity index (χ3n) is 14.1. The Kier molecular flexibility index (Phi) is 15.6. The molecule has 4 aromatic rings. The van der Waals surface area contributed by atoms with Crippen LogP contribution in [-0.4, -0.2) is 119 Å². The Bertz CT molecular complexity index is 2690. The number of carbonyl (C=O) groups excluding carboxylic acids is 5. The highest BCUT2D eigenvalue weighted by molar-refractivity contribution is 5.97. The van der Waals surface area contributed by atoms with Crippen LogP contribution in [0.4, 0.5) is 0 Å². The average Bonchev–Trinajstić information content (AvgIpc) is 3.66. The number of piperidine rings is 1. The maximum absolute atomic E-state index is 14.8. The fourth-order valence-corrected chi connectivity index (χ4v) is 10.5. The van der Waals surface area contributed by atoms with Gasteiger partial charge in [-0.2, -0.15) is 5.26 Å². The van der Waals surface area contributed by atoms with Gasteiger partial charge in [0, 0.05) is 62.5 Å². The number of methoxy groups -OCH3 is 1. The molecule has 15 heteroatoms. The van der Waals surface area contributed by atoms with Crippen LogP contribution < -0.4 is 10.7 Å². The van der Waals surface area contributed by atoms with Crippen molar-refractivity contribution in [1.29, 1.82) is 5.26 Å². The minimum absolute atomic E-state index is 0.0334. The van der Waals surface area contributed by atoms with Gasteiger partial charge in [-0.15, -0.1) is 0 Å². The number of phenols is 1. The van der Waals surface area contributed by atoms with E-state index in [1.54, 1.807) is 31.2 Å². The predicted octanol–water partition coefficient (Wildman–Crippen LogP) is 6.68. The molecule has 3 aromatic carbocycles. The van der Waals surface area contributed by atoms with Gasteiger partial charge >= 0.3 is 5.97 Å². The van der Waals surface area contributed by atoms with Gasteiger partial charge < -0.3 is 34.3 Å². The van der Waals surface area contributed by atoms with E-state index >= 15 is 0 Å². The first-order valence-corrected chi connectivity index (χ1v) is 24.5. The summed E-state index contributed by atoms with van der Waals surface area (Å²) in [6.45, 7) is 16.8. The van der Waals surface area contributed by atoms with Gasteiger partial charge in [-0.1, -0.05) is 70.7 Å². The lowest BCUT2D eigenvalue weighted by molar-refractivity contribution is -0.155. The van der Waals surface area contributed by atoms with Crippen molar-refractivity contribution < 1.29 is 38.6 Å². The van der Waals surface area contributed by atoms with Crippen molar-refractivity contribution in [3.8, 4) is 34.2 Å². The molecule has 1 aromatic heterocycles. The van der Waals surface area contributed by atoms with Crippen LogP contribution in [0.15, 0.2) is 73.3 Å². The minimum atomic E-state index is -1.18. The average molecular weight is 956 g/mol. The first-order valence-electron chi connectivity index (χ1n) is 24.5. The second kappa shape index (κ2) is 21.2. The lowest BCUT2D eigenvalue weighted by atomic mass is 9.83. The number of fused-ring (bicyclic) bond motifs is 6. The van der Waals surface area contributed by atoms with E-state index < -0.39 is 52.8 Å². The number of likely N-dealkylation sites (tertiary alicyclic amines) is 1. The molecule has 7 rings (SSSR count). The number of cyclic esters (lactones) is 1. The van der Waals surface area contributed by atoms with Gasteiger partial charge in [0.15, 0.2) is 0 Å². The summed E-state index contributed by atoms with van der Waals surface area (Å²) in [4.78, 5) is 72.8. The molecular weight excluding hydrogens is 887 g/mol. The number of esters is 1. The van der Waals surface area contributed by atoms with Crippen LogP contribution in [0.2, 0.25) is 0 Å². The van der Waals surface area contributed by atoms with Gasteiger partial charge in [-0.05, 0) is 116 Å². The number of nitriles is 1. The monoisotopic (exact) mass is 956 g/mol. The number of nitrogens with zero attached hydrogens (tertiary/aromatic N) is 5. The molecule has 3 N–H and O–H groups in total. The van der Waals surface area contributed by atoms with E-state index in [-0.39, 0.29) is 43.1 Å². The zero-order valence-corrected chi connectivity index (χ0v) is 42.0. The van der Waals surface area contributed by atoms with Gasteiger partial charge in [0.1, 0.15) is 29.4 Å². The first kappa shape index (κ1) is 51.4. The second-order valence-electron chi connectivity index (χ2n) is 20.8. The van der Waals surface area contributed by atoms with E-state index in [1.165, 1.54) is 16.0 Å². The molecule has 70 heavy (non-hydrogen) atoms. The number of hydrazine groups is 1. The molecule has 0 aliphatic carbocycles. The fourth-order valence-electron chi connectivity index (χ4n) is 10.5. The van der Waals surface area contributed by atoms with E-state index in [0.717, 1.165) is 38.9 Å². The predicted molar refractivity (Wildman–Crippen MR) is 268 cm³/mol. The zero-order valence-electron chi connectivity index (χ0n) is 42.0. The van der Waals surface area contributed by atoms with Crippen LogP contribution in [0.25, 0.3) is 33.3 Å². The maximum Gasteiger partial charge on any atom is 0.324 e. The molecular formula is C55H69N7O8. The van der Waals surface area contributed by atoms with Gasteiger partial charge in [0.25, 0.3) is 5.91 Å². The molecule has 6 bridgehead atoms. The Balaban J connectivity index is 1.33. The summed E-state index contributed by atoms with van der Waals surface area (Å²) in [5.74, 6) is -2.71. The van der Waals surface area contributed by atoms with Crippen molar-refractivity contribution in [2.24, 2.45) is 17.3 Å². The van der Waals surface area contributed by atoms with Crippen LogP contribution in [0.5, 0.6) is 5.75 Å². The summed E-state index contributed by atoms with van der Waals surface area (Å²) in [6, 6.07) is 18.9. The fraction of sp³-hybridized carbons (Fsp3) is 0.491. The van der Waals surface area contributed by atoms with Crippen LogP contribution in [0, 0.1) is 28.6 Å². The Morgan fingerprint density at radius 1 is 1.06 bits per heavy atom. The van der Waals surface area contributed by atoms with Crippen LogP contribution in [-0.2, 0) is 58.2 Å². The molecule has 372 valence electrons. The van der Waals surface area contributed by atoms with E-state index in [0.29, 0.717) is 69.3 Å². The minimum Gasteiger partial charge on any atom is -0.508 e. The highest BCUT2D eigenvalue weighted by atomic mass is 16.5. The lowest BCUT2D eigenvalue weighted by Gasteiger charge is -2.38. The molecule has 0 saturated carbocycles. The third-order valence-corrected chi connectivity index (χ3v) is 14.1.